The van der Waals surface area contributed by atoms with Crippen LogP contribution >= 0.6 is 0 Å². The van der Waals surface area contributed by atoms with Gasteiger partial charge in [-0.3, -0.25) is 0 Å². The fraction of sp³-hybridized carbons (Fsp3) is 0.429. The van der Waals surface area contributed by atoms with Gasteiger partial charge in [0.15, 0.2) is 0 Å². The molecule has 2 rings (SSSR count). The molecular weight excluding hydrogens is 242 g/mol. The second-order valence-electron chi connectivity index (χ2n) is 4.37. The van der Waals surface area contributed by atoms with Gasteiger partial charge in [0.25, 0.3) is 0 Å². The van der Waals surface area contributed by atoms with Crippen LogP contribution in [0.3, 0.4) is 0 Å². The third-order valence-corrected chi connectivity index (χ3v) is 2.91. The van der Waals surface area contributed by atoms with Crippen molar-refractivity contribution in [3.05, 3.63) is 30.2 Å². The van der Waals surface area contributed by atoms with Crippen LogP contribution in [0.25, 0.3) is 11.4 Å². The standard InChI is InChI=1S/C14H19N3O2/c1-4-15-9-10(2)14-16-13(17-19-14)11-7-5-6-8-12(11)18-3/h5-8,10,15H,4,9H2,1-3H3. The van der Waals surface area contributed by atoms with E-state index in [-0.39, 0.29) is 5.92 Å². The van der Waals surface area contributed by atoms with Crippen LogP contribution in [0, 0.1) is 0 Å². The predicted octanol–water partition coefficient (Wildman–Crippen LogP) is 2.46. The fourth-order valence-electron chi connectivity index (χ4n) is 1.82. The molecule has 0 amide bonds. The summed E-state index contributed by atoms with van der Waals surface area (Å²) in [6.07, 6.45) is 0. The van der Waals surface area contributed by atoms with Crippen LogP contribution in [0.5, 0.6) is 5.75 Å². The lowest BCUT2D eigenvalue weighted by Gasteiger charge is -2.05. The van der Waals surface area contributed by atoms with Crippen LogP contribution in [0.4, 0.5) is 0 Å². The van der Waals surface area contributed by atoms with E-state index in [0.717, 1.165) is 24.4 Å². The van der Waals surface area contributed by atoms with E-state index in [4.69, 9.17) is 9.26 Å². The minimum absolute atomic E-state index is 0.191. The highest BCUT2D eigenvalue weighted by atomic mass is 16.5. The Morgan fingerprint density at radius 2 is 2.16 bits per heavy atom. The number of nitrogens with zero attached hydrogens (tertiary/aromatic N) is 2. The number of aromatic nitrogens is 2. The normalized spacial score (nSPS) is 12.4. The maximum Gasteiger partial charge on any atom is 0.231 e. The van der Waals surface area contributed by atoms with E-state index in [1.54, 1.807) is 7.11 Å². The van der Waals surface area contributed by atoms with E-state index in [1.807, 2.05) is 24.3 Å². The number of hydrogen-bond acceptors (Lipinski definition) is 5. The second-order valence-corrected chi connectivity index (χ2v) is 4.37. The van der Waals surface area contributed by atoms with Crippen molar-refractivity contribution in [2.75, 3.05) is 20.2 Å². The summed E-state index contributed by atoms with van der Waals surface area (Å²) in [6.45, 7) is 5.88. The quantitative estimate of drug-likeness (QED) is 0.865. The molecule has 0 radical (unpaired) electrons. The van der Waals surface area contributed by atoms with Gasteiger partial charge >= 0.3 is 0 Å². The first-order valence-corrected chi connectivity index (χ1v) is 6.44. The number of benzene rings is 1. The molecular formula is C14H19N3O2. The molecule has 0 aliphatic heterocycles. The third-order valence-electron chi connectivity index (χ3n) is 2.91. The van der Waals surface area contributed by atoms with Gasteiger partial charge in [-0.2, -0.15) is 4.98 Å². The number of rotatable bonds is 6. The molecule has 0 spiro atoms. The summed E-state index contributed by atoms with van der Waals surface area (Å²) in [6, 6.07) is 7.64. The molecule has 1 heterocycles. The van der Waals surface area contributed by atoms with Gasteiger partial charge in [-0.05, 0) is 18.7 Å². The first kappa shape index (κ1) is 13.5. The first-order valence-electron chi connectivity index (χ1n) is 6.44. The van der Waals surface area contributed by atoms with E-state index < -0.39 is 0 Å². The molecule has 0 aliphatic carbocycles. The highest BCUT2D eigenvalue weighted by molar-refractivity contribution is 5.63. The Morgan fingerprint density at radius 3 is 2.89 bits per heavy atom. The number of hydrogen-bond donors (Lipinski definition) is 1. The van der Waals surface area contributed by atoms with Crippen molar-refractivity contribution in [2.45, 2.75) is 19.8 Å². The number of methoxy groups -OCH3 is 1. The Balaban J connectivity index is 2.20. The Hall–Kier alpha value is -1.88. The Bertz CT molecular complexity index is 525. The molecule has 1 unspecified atom stereocenters. The van der Waals surface area contributed by atoms with Gasteiger partial charge < -0.3 is 14.6 Å². The summed E-state index contributed by atoms with van der Waals surface area (Å²) >= 11 is 0. The van der Waals surface area contributed by atoms with Gasteiger partial charge in [-0.15, -0.1) is 0 Å². The van der Waals surface area contributed by atoms with Crippen molar-refractivity contribution in [3.8, 4) is 17.1 Å². The molecule has 0 aliphatic rings. The highest BCUT2D eigenvalue weighted by Gasteiger charge is 2.16. The lowest BCUT2D eigenvalue weighted by Crippen LogP contribution is -2.19. The summed E-state index contributed by atoms with van der Waals surface area (Å²) in [5.41, 5.74) is 0.843. The molecule has 1 N–H and O–H groups in total. The molecule has 0 saturated carbocycles. The van der Waals surface area contributed by atoms with E-state index in [1.165, 1.54) is 0 Å². The van der Waals surface area contributed by atoms with Crippen molar-refractivity contribution >= 4 is 0 Å². The maximum absolute atomic E-state index is 5.32. The van der Waals surface area contributed by atoms with E-state index in [9.17, 15) is 0 Å². The molecule has 19 heavy (non-hydrogen) atoms. The Morgan fingerprint density at radius 1 is 1.37 bits per heavy atom. The van der Waals surface area contributed by atoms with E-state index >= 15 is 0 Å². The van der Waals surface area contributed by atoms with Crippen molar-refractivity contribution in [2.24, 2.45) is 0 Å². The largest absolute Gasteiger partial charge is 0.496 e. The lowest BCUT2D eigenvalue weighted by molar-refractivity contribution is 0.355. The van der Waals surface area contributed by atoms with Gasteiger partial charge in [0, 0.05) is 12.5 Å². The summed E-state index contributed by atoms with van der Waals surface area (Å²) in [4.78, 5) is 4.44. The van der Waals surface area contributed by atoms with Crippen LogP contribution < -0.4 is 10.1 Å². The zero-order valence-electron chi connectivity index (χ0n) is 11.5. The molecule has 0 bridgehead atoms. The van der Waals surface area contributed by atoms with Gasteiger partial charge in [0.2, 0.25) is 11.7 Å². The van der Waals surface area contributed by atoms with Gasteiger partial charge in [0.05, 0.1) is 12.7 Å². The van der Waals surface area contributed by atoms with Crippen molar-refractivity contribution < 1.29 is 9.26 Å². The highest BCUT2D eigenvalue weighted by Crippen LogP contribution is 2.28. The van der Waals surface area contributed by atoms with E-state index in [2.05, 4.69) is 29.3 Å². The average Bonchev–Trinajstić information content (AvgIpc) is 2.94. The molecule has 102 valence electrons. The molecule has 1 aromatic carbocycles. The number of nitrogens with one attached hydrogen (secondary N) is 1. The monoisotopic (exact) mass is 261 g/mol. The molecule has 0 saturated heterocycles. The van der Waals surface area contributed by atoms with Crippen molar-refractivity contribution in [3.63, 3.8) is 0 Å². The molecule has 1 atom stereocenters. The molecule has 0 fully saturated rings. The summed E-state index contributed by atoms with van der Waals surface area (Å²) in [5.74, 6) is 2.14. The third kappa shape index (κ3) is 3.12. The fourth-order valence-corrected chi connectivity index (χ4v) is 1.82. The minimum atomic E-state index is 0.191. The van der Waals surface area contributed by atoms with Crippen molar-refractivity contribution in [1.82, 2.24) is 15.5 Å². The van der Waals surface area contributed by atoms with Gasteiger partial charge in [-0.1, -0.05) is 31.1 Å². The molecule has 1 aromatic heterocycles. The van der Waals surface area contributed by atoms with E-state index in [0.29, 0.717) is 11.7 Å². The number of ether oxygens (including phenoxy) is 1. The zero-order valence-corrected chi connectivity index (χ0v) is 11.5. The lowest BCUT2D eigenvalue weighted by atomic mass is 10.1. The maximum atomic E-state index is 5.32. The van der Waals surface area contributed by atoms with Gasteiger partial charge in [0.1, 0.15) is 5.75 Å². The van der Waals surface area contributed by atoms with Crippen LogP contribution in [-0.2, 0) is 0 Å². The Kier molecular flexibility index (Phi) is 4.52. The predicted molar refractivity (Wildman–Crippen MR) is 73.2 cm³/mol. The van der Waals surface area contributed by atoms with Crippen LogP contribution in [-0.4, -0.2) is 30.3 Å². The van der Waals surface area contributed by atoms with Crippen LogP contribution in [0.2, 0.25) is 0 Å². The zero-order chi connectivity index (χ0) is 13.7. The van der Waals surface area contributed by atoms with Crippen LogP contribution in [0.15, 0.2) is 28.8 Å². The molecule has 5 heteroatoms. The molecule has 2 aromatic rings. The smallest absolute Gasteiger partial charge is 0.231 e. The number of likely N-dealkylation sites (N-methyl/N-ethyl adjacent to an activating group) is 1. The minimum Gasteiger partial charge on any atom is -0.496 e. The van der Waals surface area contributed by atoms with Crippen molar-refractivity contribution in [1.29, 1.82) is 0 Å². The average molecular weight is 261 g/mol. The van der Waals surface area contributed by atoms with Crippen LogP contribution in [0.1, 0.15) is 25.7 Å². The SMILES string of the molecule is CCNCC(C)c1nc(-c2ccccc2OC)no1. The molecule has 5 nitrogen and oxygen atoms in total. The second kappa shape index (κ2) is 6.33. The summed E-state index contributed by atoms with van der Waals surface area (Å²) in [5, 5.41) is 7.30. The topological polar surface area (TPSA) is 60.2 Å². The summed E-state index contributed by atoms with van der Waals surface area (Å²) in [7, 11) is 1.63. The summed E-state index contributed by atoms with van der Waals surface area (Å²) < 4.78 is 10.6. The first-order chi connectivity index (χ1) is 9.26. The number of para-hydroxylation sites is 1. The van der Waals surface area contributed by atoms with Gasteiger partial charge in [-0.25, -0.2) is 0 Å². The Labute approximate surface area is 113 Å².